The van der Waals surface area contributed by atoms with Gasteiger partial charge in [0, 0.05) is 21.8 Å². The van der Waals surface area contributed by atoms with E-state index in [9.17, 15) is 13.2 Å². The number of hydrogen-bond donors (Lipinski definition) is 1. The minimum atomic E-state index is -4.07. The SMILES string of the molecule is Cc1ccc(CC(C)NC2CCCCC2C(F)(F)F)s1. The third-order valence-corrected chi connectivity index (χ3v) is 5.01. The van der Waals surface area contributed by atoms with Crippen molar-refractivity contribution in [3.8, 4) is 0 Å². The van der Waals surface area contributed by atoms with Crippen LogP contribution in [0.25, 0.3) is 0 Å². The highest BCUT2D eigenvalue weighted by molar-refractivity contribution is 7.11. The van der Waals surface area contributed by atoms with Crippen LogP contribution in [0.4, 0.5) is 13.2 Å². The molecular weight excluding hydrogens is 283 g/mol. The van der Waals surface area contributed by atoms with Gasteiger partial charge in [0.15, 0.2) is 0 Å². The zero-order valence-corrected chi connectivity index (χ0v) is 12.8. The van der Waals surface area contributed by atoms with Gasteiger partial charge in [0.05, 0.1) is 5.92 Å². The summed E-state index contributed by atoms with van der Waals surface area (Å²) in [5, 5.41) is 3.22. The Hall–Kier alpha value is -0.550. The Morgan fingerprint density at radius 2 is 2.00 bits per heavy atom. The largest absolute Gasteiger partial charge is 0.393 e. The second-order valence-electron chi connectivity index (χ2n) is 5.82. The van der Waals surface area contributed by atoms with Gasteiger partial charge in [-0.25, -0.2) is 0 Å². The van der Waals surface area contributed by atoms with Crippen molar-refractivity contribution in [1.82, 2.24) is 5.32 Å². The molecule has 0 amide bonds. The zero-order chi connectivity index (χ0) is 14.8. The van der Waals surface area contributed by atoms with E-state index in [0.717, 1.165) is 12.8 Å². The molecule has 1 aromatic rings. The number of aryl methyl sites for hydroxylation is 1. The van der Waals surface area contributed by atoms with Crippen molar-refractivity contribution in [2.75, 3.05) is 0 Å². The van der Waals surface area contributed by atoms with Crippen molar-refractivity contribution in [2.45, 2.75) is 64.2 Å². The van der Waals surface area contributed by atoms with E-state index in [2.05, 4.69) is 17.4 Å². The van der Waals surface area contributed by atoms with Crippen molar-refractivity contribution in [2.24, 2.45) is 5.92 Å². The predicted molar refractivity (Wildman–Crippen MR) is 77.2 cm³/mol. The summed E-state index contributed by atoms with van der Waals surface area (Å²) < 4.78 is 39.1. The normalized spacial score (nSPS) is 25.6. The van der Waals surface area contributed by atoms with E-state index in [-0.39, 0.29) is 12.5 Å². The lowest BCUT2D eigenvalue weighted by molar-refractivity contribution is -0.189. The molecule has 2 rings (SSSR count). The molecule has 0 bridgehead atoms. The van der Waals surface area contributed by atoms with Gasteiger partial charge in [-0.15, -0.1) is 11.3 Å². The molecule has 3 atom stereocenters. The molecule has 20 heavy (non-hydrogen) atoms. The maximum absolute atomic E-state index is 13.0. The lowest BCUT2D eigenvalue weighted by Crippen LogP contribution is -2.48. The van der Waals surface area contributed by atoms with Crippen molar-refractivity contribution in [3.05, 3.63) is 21.9 Å². The Morgan fingerprint density at radius 3 is 2.60 bits per heavy atom. The van der Waals surface area contributed by atoms with Crippen LogP contribution < -0.4 is 5.32 Å². The second-order valence-corrected chi connectivity index (χ2v) is 7.20. The van der Waals surface area contributed by atoms with Crippen LogP contribution in [-0.2, 0) is 6.42 Å². The van der Waals surface area contributed by atoms with Gasteiger partial charge < -0.3 is 5.32 Å². The fourth-order valence-electron chi connectivity index (χ4n) is 3.04. The molecule has 0 aromatic carbocycles. The van der Waals surface area contributed by atoms with Crippen molar-refractivity contribution >= 4 is 11.3 Å². The van der Waals surface area contributed by atoms with E-state index >= 15 is 0 Å². The van der Waals surface area contributed by atoms with Crippen LogP contribution >= 0.6 is 11.3 Å². The summed E-state index contributed by atoms with van der Waals surface area (Å²) in [4.78, 5) is 2.49. The van der Waals surface area contributed by atoms with Crippen LogP contribution in [0, 0.1) is 12.8 Å². The number of hydrogen-bond acceptors (Lipinski definition) is 2. The lowest BCUT2D eigenvalue weighted by atomic mass is 9.83. The summed E-state index contributed by atoms with van der Waals surface area (Å²) in [6, 6.07) is 3.80. The van der Waals surface area contributed by atoms with Crippen molar-refractivity contribution < 1.29 is 13.2 Å². The maximum atomic E-state index is 13.0. The molecular formula is C15H22F3NS. The van der Waals surface area contributed by atoms with Crippen LogP contribution in [-0.4, -0.2) is 18.3 Å². The summed E-state index contributed by atoms with van der Waals surface area (Å²) >= 11 is 1.72. The van der Waals surface area contributed by atoms with E-state index < -0.39 is 18.1 Å². The van der Waals surface area contributed by atoms with E-state index in [1.807, 2.05) is 13.8 Å². The summed E-state index contributed by atoms with van der Waals surface area (Å²) in [5.41, 5.74) is 0. The average Bonchev–Trinajstić information content (AvgIpc) is 2.73. The first-order chi connectivity index (χ1) is 9.36. The summed E-state index contributed by atoms with van der Waals surface area (Å²) in [5.74, 6) is -1.18. The average molecular weight is 305 g/mol. The number of thiophene rings is 1. The quantitative estimate of drug-likeness (QED) is 0.850. The van der Waals surface area contributed by atoms with Gasteiger partial charge in [0.2, 0.25) is 0 Å². The molecule has 0 aliphatic heterocycles. The Balaban J connectivity index is 1.92. The first kappa shape index (κ1) is 15.8. The number of nitrogens with one attached hydrogen (secondary N) is 1. The fraction of sp³-hybridized carbons (Fsp3) is 0.733. The molecule has 1 heterocycles. The summed E-state index contributed by atoms with van der Waals surface area (Å²) in [7, 11) is 0. The molecule has 1 fully saturated rings. The molecule has 0 radical (unpaired) electrons. The standard InChI is InChI=1S/C15H22F3NS/c1-10(9-12-8-7-11(2)20-12)19-14-6-4-3-5-13(14)15(16,17)18/h7-8,10,13-14,19H,3-6,9H2,1-2H3. The van der Waals surface area contributed by atoms with Crippen molar-refractivity contribution in [3.63, 3.8) is 0 Å². The highest BCUT2D eigenvalue weighted by Gasteiger charge is 2.45. The van der Waals surface area contributed by atoms with E-state index in [1.165, 1.54) is 9.75 Å². The molecule has 1 nitrogen and oxygen atoms in total. The van der Waals surface area contributed by atoms with Crippen molar-refractivity contribution in [1.29, 1.82) is 0 Å². The second kappa shape index (κ2) is 6.48. The number of rotatable bonds is 4. The Bertz CT molecular complexity index is 427. The highest BCUT2D eigenvalue weighted by atomic mass is 32.1. The number of halogens is 3. The molecule has 1 N–H and O–H groups in total. The summed E-state index contributed by atoms with van der Waals surface area (Å²) in [6.45, 7) is 4.03. The van der Waals surface area contributed by atoms with Gasteiger partial charge in [-0.05, 0) is 45.2 Å². The first-order valence-electron chi connectivity index (χ1n) is 7.24. The van der Waals surface area contributed by atoms with Gasteiger partial charge in [-0.3, -0.25) is 0 Å². The van der Waals surface area contributed by atoms with E-state index in [0.29, 0.717) is 12.8 Å². The Morgan fingerprint density at radius 1 is 1.30 bits per heavy atom. The topological polar surface area (TPSA) is 12.0 Å². The molecule has 1 aliphatic carbocycles. The van der Waals surface area contributed by atoms with Crippen LogP contribution in [0.3, 0.4) is 0 Å². The van der Waals surface area contributed by atoms with Gasteiger partial charge >= 0.3 is 6.18 Å². The molecule has 1 aliphatic rings. The van der Waals surface area contributed by atoms with Crippen LogP contribution in [0.5, 0.6) is 0 Å². The molecule has 3 unspecified atom stereocenters. The van der Waals surface area contributed by atoms with Crippen LogP contribution in [0.1, 0.15) is 42.4 Å². The molecule has 1 saturated carbocycles. The minimum Gasteiger partial charge on any atom is -0.311 e. The zero-order valence-electron chi connectivity index (χ0n) is 12.0. The van der Waals surface area contributed by atoms with Gasteiger partial charge in [-0.1, -0.05) is 12.8 Å². The monoisotopic (exact) mass is 305 g/mol. The smallest absolute Gasteiger partial charge is 0.311 e. The predicted octanol–water partition coefficient (Wildman–Crippen LogP) is 4.70. The van der Waals surface area contributed by atoms with Crippen LogP contribution in [0.2, 0.25) is 0 Å². The minimum absolute atomic E-state index is 0.0843. The molecule has 1 aromatic heterocycles. The number of alkyl halides is 3. The molecule has 0 saturated heterocycles. The third-order valence-electron chi connectivity index (χ3n) is 3.99. The van der Waals surface area contributed by atoms with Gasteiger partial charge in [0.25, 0.3) is 0 Å². The highest BCUT2D eigenvalue weighted by Crippen LogP contribution is 2.38. The molecule has 0 spiro atoms. The first-order valence-corrected chi connectivity index (χ1v) is 8.06. The third kappa shape index (κ3) is 4.22. The Kier molecular flexibility index (Phi) is 5.13. The fourth-order valence-corrected chi connectivity index (χ4v) is 4.06. The maximum Gasteiger partial charge on any atom is 0.393 e. The lowest BCUT2D eigenvalue weighted by Gasteiger charge is -2.35. The summed E-state index contributed by atoms with van der Waals surface area (Å²) in [6.07, 6.45) is -0.767. The molecule has 5 heteroatoms. The van der Waals surface area contributed by atoms with Gasteiger partial charge in [0.1, 0.15) is 0 Å². The van der Waals surface area contributed by atoms with Crippen LogP contribution in [0.15, 0.2) is 12.1 Å². The van der Waals surface area contributed by atoms with Gasteiger partial charge in [-0.2, -0.15) is 13.2 Å². The van der Waals surface area contributed by atoms with E-state index in [1.54, 1.807) is 11.3 Å². The van der Waals surface area contributed by atoms with E-state index in [4.69, 9.17) is 0 Å². The Labute approximate surface area is 122 Å². The molecule has 114 valence electrons.